The van der Waals surface area contributed by atoms with Crippen LogP contribution in [0, 0.1) is 47.3 Å². The van der Waals surface area contributed by atoms with Crippen molar-refractivity contribution >= 4 is 0 Å². The zero-order chi connectivity index (χ0) is 19.5. The quantitative estimate of drug-likeness (QED) is 0.451. The Labute approximate surface area is 174 Å². The molecule has 4 fully saturated rings. The summed E-state index contributed by atoms with van der Waals surface area (Å²) in [5, 5.41) is 0. The Balaban J connectivity index is 1.21. The number of hydrogen-bond donors (Lipinski definition) is 0. The summed E-state index contributed by atoms with van der Waals surface area (Å²) in [4.78, 5) is 0. The fraction of sp³-hybridized carbons (Fsp3) is 1.00. The van der Waals surface area contributed by atoms with Crippen LogP contribution in [0.4, 0.5) is 4.39 Å². The zero-order valence-corrected chi connectivity index (χ0v) is 18.9. The van der Waals surface area contributed by atoms with Crippen LogP contribution in [0.2, 0.25) is 0 Å². The van der Waals surface area contributed by atoms with Crippen LogP contribution in [0.15, 0.2) is 0 Å². The van der Waals surface area contributed by atoms with E-state index in [0.29, 0.717) is 17.8 Å². The molecule has 0 spiro atoms. The third kappa shape index (κ3) is 4.97. The molecule has 4 rings (SSSR count). The summed E-state index contributed by atoms with van der Waals surface area (Å²) in [5.41, 5.74) is 0. The van der Waals surface area contributed by atoms with E-state index in [9.17, 15) is 0 Å². The van der Waals surface area contributed by atoms with Crippen LogP contribution >= 0.6 is 0 Å². The third-order valence-corrected chi connectivity index (χ3v) is 10.1. The lowest BCUT2D eigenvalue weighted by Crippen LogP contribution is -2.37. The normalized spacial score (nSPS) is 48.3. The van der Waals surface area contributed by atoms with Crippen LogP contribution in [0.5, 0.6) is 0 Å². The molecule has 0 aromatic carbocycles. The molecule has 0 heterocycles. The first kappa shape index (κ1) is 21.2. The average Bonchev–Trinajstić information content (AvgIpc) is 2.74. The van der Waals surface area contributed by atoms with Gasteiger partial charge in [0.2, 0.25) is 0 Å². The fourth-order valence-electron chi connectivity index (χ4n) is 8.00. The van der Waals surface area contributed by atoms with Gasteiger partial charge in [-0.3, -0.25) is 0 Å². The Morgan fingerprint density at radius 3 is 1.57 bits per heavy atom. The van der Waals surface area contributed by atoms with Crippen molar-refractivity contribution in [3.63, 3.8) is 0 Å². The maximum atomic E-state index is 15.2. The van der Waals surface area contributed by atoms with Crippen molar-refractivity contribution in [2.45, 2.75) is 123 Å². The Bertz CT molecular complexity index is 449. The molecule has 0 aromatic heterocycles. The second-order valence-corrected chi connectivity index (χ2v) is 11.6. The lowest BCUT2D eigenvalue weighted by atomic mass is 9.62. The largest absolute Gasteiger partial charge is 0.247 e. The Kier molecular flexibility index (Phi) is 7.43. The van der Waals surface area contributed by atoms with Crippen LogP contribution in [0.3, 0.4) is 0 Å². The molecular weight excluding hydrogens is 343 g/mol. The third-order valence-electron chi connectivity index (χ3n) is 10.1. The van der Waals surface area contributed by atoms with Crippen LogP contribution in [0.1, 0.15) is 117 Å². The van der Waals surface area contributed by atoms with Gasteiger partial charge in [0.15, 0.2) is 0 Å². The maximum Gasteiger partial charge on any atom is 0.103 e. The summed E-state index contributed by atoms with van der Waals surface area (Å²) in [6.45, 7) is 4.77. The summed E-state index contributed by atoms with van der Waals surface area (Å²) in [7, 11) is 0. The molecule has 4 saturated carbocycles. The van der Waals surface area contributed by atoms with E-state index in [2.05, 4.69) is 13.8 Å². The van der Waals surface area contributed by atoms with Gasteiger partial charge in [0.1, 0.15) is 6.17 Å². The predicted octanol–water partition coefficient (Wildman–Crippen LogP) is 8.59. The molecule has 4 aliphatic carbocycles. The highest BCUT2D eigenvalue weighted by Crippen LogP contribution is 2.49. The molecule has 1 heteroatoms. The van der Waals surface area contributed by atoms with E-state index in [1.807, 2.05) is 0 Å². The van der Waals surface area contributed by atoms with Crippen molar-refractivity contribution in [2.75, 3.05) is 0 Å². The monoisotopic (exact) mass is 390 g/mol. The van der Waals surface area contributed by atoms with Crippen LogP contribution < -0.4 is 0 Å². The van der Waals surface area contributed by atoms with Crippen molar-refractivity contribution in [1.82, 2.24) is 0 Å². The van der Waals surface area contributed by atoms with Gasteiger partial charge in [-0.05, 0) is 118 Å². The van der Waals surface area contributed by atoms with Gasteiger partial charge in [0.05, 0.1) is 0 Å². The van der Waals surface area contributed by atoms with Gasteiger partial charge < -0.3 is 0 Å². The van der Waals surface area contributed by atoms with E-state index in [4.69, 9.17) is 0 Å². The summed E-state index contributed by atoms with van der Waals surface area (Å²) < 4.78 is 15.2. The minimum absolute atomic E-state index is 0.412. The van der Waals surface area contributed by atoms with Gasteiger partial charge in [-0.2, -0.15) is 0 Å². The van der Waals surface area contributed by atoms with Crippen LogP contribution in [0.25, 0.3) is 0 Å². The first-order valence-corrected chi connectivity index (χ1v) is 13.3. The molecule has 0 aliphatic heterocycles. The van der Waals surface area contributed by atoms with Crippen LogP contribution in [-0.2, 0) is 0 Å². The highest BCUT2D eigenvalue weighted by atomic mass is 19.1. The molecule has 0 aromatic rings. The molecule has 0 nitrogen and oxygen atoms in total. The number of hydrogen-bond acceptors (Lipinski definition) is 0. The zero-order valence-electron chi connectivity index (χ0n) is 18.9. The highest BCUT2D eigenvalue weighted by molar-refractivity contribution is 4.91. The molecule has 0 radical (unpaired) electrons. The molecule has 0 saturated heterocycles. The van der Waals surface area contributed by atoms with Gasteiger partial charge >= 0.3 is 0 Å². The molecular formula is C27H47F. The second kappa shape index (κ2) is 9.82. The van der Waals surface area contributed by atoms with Crippen molar-refractivity contribution in [3.05, 3.63) is 0 Å². The Morgan fingerprint density at radius 1 is 0.571 bits per heavy atom. The van der Waals surface area contributed by atoms with Crippen molar-refractivity contribution < 1.29 is 4.39 Å². The second-order valence-electron chi connectivity index (χ2n) is 11.6. The van der Waals surface area contributed by atoms with Gasteiger partial charge in [-0.25, -0.2) is 4.39 Å². The van der Waals surface area contributed by atoms with E-state index >= 15 is 4.39 Å². The standard InChI is InChI=1S/C27H47F/c1-3-20-6-10-24(11-7-20)26-17-16-25(18-27(26)28)23-14-12-22(13-15-23)21-8-4-19(2)5-9-21/h19-27H,3-18H2,1-2H3. The number of rotatable bonds is 4. The molecule has 0 amide bonds. The van der Waals surface area contributed by atoms with Crippen molar-refractivity contribution in [3.8, 4) is 0 Å². The summed E-state index contributed by atoms with van der Waals surface area (Å²) >= 11 is 0. The summed E-state index contributed by atoms with van der Waals surface area (Å²) in [6.07, 6.45) is 21.4. The SMILES string of the molecule is CCC1CCC(C2CCC(C3CCC(C4CCC(C)CC4)CC3)CC2F)CC1. The van der Waals surface area contributed by atoms with E-state index in [0.717, 1.165) is 36.0 Å². The molecule has 162 valence electrons. The van der Waals surface area contributed by atoms with Gasteiger partial charge in [-0.15, -0.1) is 0 Å². The molecule has 3 atom stereocenters. The fourth-order valence-corrected chi connectivity index (χ4v) is 8.00. The lowest BCUT2D eigenvalue weighted by Gasteiger charge is -2.44. The van der Waals surface area contributed by atoms with Gasteiger partial charge in [-0.1, -0.05) is 46.0 Å². The topological polar surface area (TPSA) is 0 Å². The molecule has 0 bridgehead atoms. The van der Waals surface area contributed by atoms with E-state index in [1.165, 1.54) is 96.3 Å². The first-order valence-electron chi connectivity index (χ1n) is 13.3. The molecule has 4 aliphatic rings. The van der Waals surface area contributed by atoms with Gasteiger partial charge in [0, 0.05) is 0 Å². The smallest absolute Gasteiger partial charge is 0.103 e. The number of alkyl halides is 1. The van der Waals surface area contributed by atoms with E-state index in [1.54, 1.807) is 0 Å². The molecule has 28 heavy (non-hydrogen) atoms. The van der Waals surface area contributed by atoms with Crippen molar-refractivity contribution in [2.24, 2.45) is 47.3 Å². The lowest BCUT2D eigenvalue weighted by molar-refractivity contribution is 0.0287. The van der Waals surface area contributed by atoms with Crippen molar-refractivity contribution in [1.29, 1.82) is 0 Å². The predicted molar refractivity (Wildman–Crippen MR) is 118 cm³/mol. The average molecular weight is 391 g/mol. The Hall–Kier alpha value is -0.0700. The summed E-state index contributed by atoms with van der Waals surface area (Å²) in [5.74, 6) is 6.64. The summed E-state index contributed by atoms with van der Waals surface area (Å²) in [6, 6.07) is 0. The van der Waals surface area contributed by atoms with E-state index in [-0.39, 0.29) is 0 Å². The highest BCUT2D eigenvalue weighted by Gasteiger charge is 2.40. The first-order chi connectivity index (χ1) is 13.6. The van der Waals surface area contributed by atoms with Crippen LogP contribution in [-0.4, -0.2) is 6.17 Å². The van der Waals surface area contributed by atoms with E-state index < -0.39 is 6.17 Å². The molecule has 3 unspecified atom stereocenters. The Morgan fingerprint density at radius 2 is 1.04 bits per heavy atom. The molecule has 0 N–H and O–H groups in total. The minimum Gasteiger partial charge on any atom is -0.247 e. The minimum atomic E-state index is -0.487. The van der Waals surface area contributed by atoms with Gasteiger partial charge in [0.25, 0.3) is 0 Å². The number of halogens is 1. The maximum absolute atomic E-state index is 15.2.